The minimum absolute atomic E-state index is 0.125. The zero-order valence-corrected chi connectivity index (χ0v) is 23.9. The zero-order chi connectivity index (χ0) is 28.6. The molecule has 2 aliphatic rings. The highest BCUT2D eigenvalue weighted by Crippen LogP contribution is 2.43. The number of anilines is 1. The molecule has 3 aromatic carbocycles. The van der Waals surface area contributed by atoms with Gasteiger partial charge in [0.1, 0.15) is 12.2 Å². The first kappa shape index (κ1) is 28.1. The molecule has 8 heteroatoms. The molecular weight excluding hydrogens is 528 g/mol. The number of fused-ring (bicyclic) bond motifs is 2. The molecule has 5 rings (SSSR count). The first-order chi connectivity index (χ1) is 19.0. The van der Waals surface area contributed by atoms with Crippen LogP contribution in [-0.2, 0) is 19.1 Å². The number of nitrogens with zero attached hydrogens (tertiary/aromatic N) is 2. The SMILES string of the molecule is CC(C)(C)CN1C(=O)[C@H](CC(=O)N2CCC(C(=O)O)CC2)O[C@@H](c2cccc3ccccc23)c2cc(Cl)ccc21. The van der Waals surface area contributed by atoms with Gasteiger partial charge in [-0.1, -0.05) is 74.8 Å². The number of carbonyl (C=O) groups is 3. The van der Waals surface area contributed by atoms with Gasteiger partial charge in [-0.2, -0.15) is 0 Å². The average Bonchev–Trinajstić information content (AvgIpc) is 3.02. The third-order valence-corrected chi connectivity index (χ3v) is 7.93. The van der Waals surface area contributed by atoms with Crippen LogP contribution < -0.4 is 4.90 Å². The summed E-state index contributed by atoms with van der Waals surface area (Å²) in [6.07, 6.45) is -0.981. The largest absolute Gasteiger partial charge is 0.481 e. The summed E-state index contributed by atoms with van der Waals surface area (Å²) in [7, 11) is 0. The number of aliphatic carboxylic acids is 1. The van der Waals surface area contributed by atoms with E-state index < -0.39 is 24.1 Å². The topological polar surface area (TPSA) is 87.2 Å². The minimum Gasteiger partial charge on any atom is -0.481 e. The number of piperidine rings is 1. The summed E-state index contributed by atoms with van der Waals surface area (Å²) in [5, 5.41) is 11.9. The lowest BCUT2D eigenvalue weighted by molar-refractivity contribution is -0.148. The number of carboxylic acid groups (broad SMARTS) is 1. The van der Waals surface area contributed by atoms with Gasteiger partial charge in [-0.15, -0.1) is 0 Å². The smallest absolute Gasteiger partial charge is 0.306 e. The number of halogens is 1. The molecule has 2 heterocycles. The molecule has 2 atom stereocenters. The molecule has 0 aromatic heterocycles. The Morgan fingerprint density at radius 2 is 1.70 bits per heavy atom. The van der Waals surface area contributed by atoms with Gasteiger partial charge in [0.25, 0.3) is 5.91 Å². The molecule has 0 aliphatic carbocycles. The molecule has 7 nitrogen and oxygen atoms in total. The highest BCUT2D eigenvalue weighted by atomic mass is 35.5. The zero-order valence-electron chi connectivity index (χ0n) is 23.1. The van der Waals surface area contributed by atoms with E-state index in [4.69, 9.17) is 16.3 Å². The van der Waals surface area contributed by atoms with E-state index in [0.29, 0.717) is 37.5 Å². The molecule has 40 heavy (non-hydrogen) atoms. The summed E-state index contributed by atoms with van der Waals surface area (Å²) in [4.78, 5) is 42.5. The number of rotatable bonds is 5. The van der Waals surface area contributed by atoms with E-state index in [1.165, 1.54) is 0 Å². The van der Waals surface area contributed by atoms with Crippen molar-refractivity contribution < 1.29 is 24.2 Å². The van der Waals surface area contributed by atoms with Crippen LogP contribution in [0.25, 0.3) is 10.8 Å². The molecule has 0 bridgehead atoms. The number of amides is 2. The molecule has 0 unspecified atom stereocenters. The lowest BCUT2D eigenvalue weighted by Crippen LogP contribution is -2.47. The van der Waals surface area contributed by atoms with Crippen molar-refractivity contribution in [3.63, 3.8) is 0 Å². The number of hydrogen-bond acceptors (Lipinski definition) is 4. The molecule has 210 valence electrons. The van der Waals surface area contributed by atoms with Crippen LogP contribution in [-0.4, -0.2) is 53.5 Å². The average molecular weight is 563 g/mol. The van der Waals surface area contributed by atoms with Gasteiger partial charge in [0.05, 0.1) is 12.3 Å². The molecule has 0 saturated carbocycles. The van der Waals surface area contributed by atoms with E-state index in [-0.39, 0.29) is 23.7 Å². The van der Waals surface area contributed by atoms with E-state index in [9.17, 15) is 19.5 Å². The number of carboxylic acids is 1. The first-order valence-electron chi connectivity index (χ1n) is 13.8. The van der Waals surface area contributed by atoms with Crippen LogP contribution in [0.1, 0.15) is 57.3 Å². The molecule has 2 aliphatic heterocycles. The lowest BCUT2D eigenvalue weighted by atomic mass is 9.93. The monoisotopic (exact) mass is 562 g/mol. The maximum atomic E-state index is 14.2. The van der Waals surface area contributed by atoms with Gasteiger partial charge in [-0.3, -0.25) is 14.4 Å². The van der Waals surface area contributed by atoms with Crippen LogP contribution in [0, 0.1) is 11.3 Å². The quantitative estimate of drug-likeness (QED) is 0.407. The second kappa shape index (κ2) is 11.2. The van der Waals surface area contributed by atoms with E-state index in [0.717, 1.165) is 27.6 Å². The van der Waals surface area contributed by atoms with Gasteiger partial charge >= 0.3 is 5.97 Å². The second-order valence-electron chi connectivity index (χ2n) is 12.0. The van der Waals surface area contributed by atoms with Crippen LogP contribution in [0.2, 0.25) is 5.02 Å². The molecule has 0 radical (unpaired) electrons. The van der Waals surface area contributed by atoms with E-state index in [1.807, 2.05) is 54.6 Å². The Morgan fingerprint density at radius 1 is 1.00 bits per heavy atom. The van der Waals surface area contributed by atoms with Crippen molar-refractivity contribution in [3.05, 3.63) is 76.8 Å². The first-order valence-corrected chi connectivity index (χ1v) is 14.1. The van der Waals surface area contributed by atoms with Crippen molar-refractivity contribution >= 4 is 45.8 Å². The van der Waals surface area contributed by atoms with Gasteiger partial charge in [-0.25, -0.2) is 0 Å². The van der Waals surface area contributed by atoms with Gasteiger partial charge in [0, 0.05) is 35.9 Å². The molecule has 1 saturated heterocycles. The van der Waals surface area contributed by atoms with Gasteiger partial charge in [0.2, 0.25) is 5.91 Å². The fourth-order valence-corrected chi connectivity index (χ4v) is 5.91. The Morgan fingerprint density at radius 3 is 2.40 bits per heavy atom. The maximum absolute atomic E-state index is 14.2. The van der Waals surface area contributed by atoms with Crippen molar-refractivity contribution in [2.75, 3.05) is 24.5 Å². The molecule has 2 amide bonds. The van der Waals surface area contributed by atoms with E-state index in [1.54, 1.807) is 15.9 Å². The summed E-state index contributed by atoms with van der Waals surface area (Å²) in [6.45, 7) is 7.33. The van der Waals surface area contributed by atoms with Crippen LogP contribution in [0.3, 0.4) is 0 Å². The molecule has 1 N–H and O–H groups in total. The maximum Gasteiger partial charge on any atom is 0.306 e. The lowest BCUT2D eigenvalue weighted by Gasteiger charge is -2.33. The van der Waals surface area contributed by atoms with E-state index in [2.05, 4.69) is 20.8 Å². The summed E-state index contributed by atoms with van der Waals surface area (Å²) in [5.74, 6) is -1.76. The number of hydrogen-bond donors (Lipinski definition) is 1. The number of ether oxygens (including phenoxy) is 1. The van der Waals surface area contributed by atoms with Crippen LogP contribution in [0.4, 0.5) is 5.69 Å². The number of carbonyl (C=O) groups excluding carboxylic acids is 2. The van der Waals surface area contributed by atoms with Crippen molar-refractivity contribution in [2.24, 2.45) is 11.3 Å². The molecule has 3 aromatic rings. The van der Waals surface area contributed by atoms with Crippen molar-refractivity contribution in [1.82, 2.24) is 4.90 Å². The van der Waals surface area contributed by atoms with Gasteiger partial charge in [0.15, 0.2) is 0 Å². The highest BCUT2D eigenvalue weighted by Gasteiger charge is 2.40. The summed E-state index contributed by atoms with van der Waals surface area (Å²) in [6, 6.07) is 19.5. The number of likely N-dealkylation sites (tertiary alicyclic amines) is 1. The van der Waals surface area contributed by atoms with Crippen molar-refractivity contribution in [3.8, 4) is 0 Å². The fraction of sp³-hybridized carbons (Fsp3) is 0.406. The minimum atomic E-state index is -1.03. The Balaban J connectivity index is 1.56. The summed E-state index contributed by atoms with van der Waals surface area (Å²) < 4.78 is 6.67. The molecule has 1 fully saturated rings. The second-order valence-corrected chi connectivity index (χ2v) is 12.4. The Hall–Kier alpha value is -3.42. The Labute approximate surface area is 239 Å². The summed E-state index contributed by atoms with van der Waals surface area (Å²) >= 11 is 6.51. The predicted octanol–water partition coefficient (Wildman–Crippen LogP) is 6.07. The molecule has 0 spiro atoms. The van der Waals surface area contributed by atoms with Crippen molar-refractivity contribution in [2.45, 2.75) is 52.2 Å². The van der Waals surface area contributed by atoms with Crippen molar-refractivity contribution in [1.29, 1.82) is 0 Å². The standard InChI is InChI=1S/C32H35ClN2O5/c1-32(2,3)19-35-26-12-11-22(33)17-25(26)29(24-10-6-8-20-7-4-5-9-23(20)24)40-27(30(35)37)18-28(36)34-15-13-21(14-16-34)31(38)39/h4-12,17,21,27,29H,13-16,18-19H2,1-3H3,(H,38,39)/t27-,29-/m0/s1. The van der Waals surface area contributed by atoms with Gasteiger partial charge in [-0.05, 0) is 52.8 Å². The predicted molar refractivity (Wildman–Crippen MR) is 155 cm³/mol. The third-order valence-electron chi connectivity index (χ3n) is 7.70. The van der Waals surface area contributed by atoms with Crippen LogP contribution >= 0.6 is 11.6 Å². The fourth-order valence-electron chi connectivity index (χ4n) is 5.73. The number of benzene rings is 3. The van der Waals surface area contributed by atoms with Gasteiger partial charge < -0.3 is 19.6 Å². The normalized spacial score (nSPS) is 20.4. The summed E-state index contributed by atoms with van der Waals surface area (Å²) in [5.41, 5.74) is 2.17. The third kappa shape index (κ3) is 5.86. The Bertz CT molecular complexity index is 1440. The highest BCUT2D eigenvalue weighted by molar-refractivity contribution is 6.30. The molecular formula is C32H35ClN2O5. The van der Waals surface area contributed by atoms with Crippen LogP contribution in [0.5, 0.6) is 0 Å². The van der Waals surface area contributed by atoms with E-state index >= 15 is 0 Å². The Kier molecular flexibility index (Phi) is 7.89. The van der Waals surface area contributed by atoms with Crippen LogP contribution in [0.15, 0.2) is 60.7 Å².